The van der Waals surface area contributed by atoms with Crippen LogP contribution in [-0.2, 0) is 6.42 Å². The molecule has 0 aliphatic heterocycles. The van der Waals surface area contributed by atoms with Crippen LogP contribution in [0.3, 0.4) is 0 Å². The molecule has 6 nitrogen and oxygen atoms in total. The van der Waals surface area contributed by atoms with E-state index in [1.165, 1.54) is 22.0 Å². The number of aromatic amines is 1. The number of unbranched alkanes of at least 4 members (excludes halogenated alkanes) is 1. The van der Waals surface area contributed by atoms with Crippen LogP contribution in [0.4, 0.5) is 5.82 Å². The molecule has 0 spiro atoms. The monoisotopic (exact) mass is 378 g/mol. The molecular weight excluding hydrogens is 348 g/mol. The number of aromatic nitrogens is 2. The third-order valence-corrected chi connectivity index (χ3v) is 4.70. The molecule has 2 aromatic heterocycles. The molecule has 1 aromatic carbocycles. The lowest BCUT2D eigenvalue weighted by Gasteiger charge is -2.12. The zero-order valence-corrected chi connectivity index (χ0v) is 16.8. The van der Waals surface area contributed by atoms with Gasteiger partial charge in [-0.2, -0.15) is 0 Å². The summed E-state index contributed by atoms with van der Waals surface area (Å²) in [5.41, 5.74) is 3.81. The molecule has 0 atom stereocenters. The zero-order valence-electron chi connectivity index (χ0n) is 16.8. The summed E-state index contributed by atoms with van der Waals surface area (Å²) in [5, 5.41) is 11.4. The molecule has 0 saturated heterocycles. The number of guanidine groups is 1. The molecule has 3 rings (SSSR count). The topological polar surface area (TPSA) is 77.1 Å². The van der Waals surface area contributed by atoms with Crippen LogP contribution in [0.25, 0.3) is 10.9 Å². The van der Waals surface area contributed by atoms with Gasteiger partial charge in [0.1, 0.15) is 5.82 Å². The normalized spacial score (nSPS) is 11.6. The van der Waals surface area contributed by atoms with Gasteiger partial charge in [0.15, 0.2) is 5.96 Å². The van der Waals surface area contributed by atoms with Crippen LogP contribution in [0, 0.1) is 6.92 Å². The number of H-pyrrole nitrogens is 1. The molecule has 0 saturated carbocycles. The Morgan fingerprint density at radius 2 is 1.93 bits per heavy atom. The van der Waals surface area contributed by atoms with Gasteiger partial charge >= 0.3 is 0 Å². The third kappa shape index (κ3) is 5.74. The van der Waals surface area contributed by atoms with Gasteiger partial charge in [0, 0.05) is 50.0 Å². The molecule has 28 heavy (non-hydrogen) atoms. The SMILES string of the molecule is CN=C(NCCCCNc1ccccn1)NCCc1c[nH]c2cc(C)ccc12. The van der Waals surface area contributed by atoms with Gasteiger partial charge in [0.2, 0.25) is 0 Å². The van der Waals surface area contributed by atoms with Gasteiger partial charge < -0.3 is 20.9 Å². The van der Waals surface area contributed by atoms with E-state index in [1.54, 1.807) is 6.20 Å². The van der Waals surface area contributed by atoms with Crippen molar-refractivity contribution in [3.8, 4) is 0 Å². The second kappa shape index (κ2) is 10.3. The first kappa shape index (κ1) is 19.7. The Balaban J connectivity index is 1.32. The Labute approximate surface area is 166 Å². The van der Waals surface area contributed by atoms with Gasteiger partial charge in [-0.25, -0.2) is 4.98 Å². The lowest BCUT2D eigenvalue weighted by molar-refractivity contribution is 0.710. The minimum Gasteiger partial charge on any atom is -0.370 e. The van der Waals surface area contributed by atoms with E-state index >= 15 is 0 Å². The number of nitrogens with zero attached hydrogens (tertiary/aromatic N) is 2. The molecule has 6 heteroatoms. The van der Waals surface area contributed by atoms with Crippen LogP contribution in [0.2, 0.25) is 0 Å². The Morgan fingerprint density at radius 3 is 2.75 bits per heavy atom. The highest BCUT2D eigenvalue weighted by Crippen LogP contribution is 2.19. The summed E-state index contributed by atoms with van der Waals surface area (Å²) in [6.07, 6.45) is 7.02. The van der Waals surface area contributed by atoms with Crippen LogP contribution >= 0.6 is 0 Å². The molecule has 2 heterocycles. The quantitative estimate of drug-likeness (QED) is 0.261. The maximum atomic E-state index is 4.31. The number of rotatable bonds is 9. The van der Waals surface area contributed by atoms with Crippen molar-refractivity contribution in [2.24, 2.45) is 4.99 Å². The van der Waals surface area contributed by atoms with Crippen molar-refractivity contribution < 1.29 is 0 Å². The van der Waals surface area contributed by atoms with Crippen LogP contribution in [0.5, 0.6) is 0 Å². The summed E-state index contributed by atoms with van der Waals surface area (Å²) in [4.78, 5) is 11.9. The molecule has 0 aliphatic carbocycles. The lowest BCUT2D eigenvalue weighted by Crippen LogP contribution is -2.38. The smallest absolute Gasteiger partial charge is 0.190 e. The average Bonchev–Trinajstić information content (AvgIpc) is 3.12. The van der Waals surface area contributed by atoms with Crippen molar-refractivity contribution in [1.29, 1.82) is 0 Å². The number of aryl methyl sites for hydroxylation is 1. The van der Waals surface area contributed by atoms with Crippen molar-refractivity contribution in [2.45, 2.75) is 26.2 Å². The van der Waals surface area contributed by atoms with Crippen molar-refractivity contribution in [3.63, 3.8) is 0 Å². The first-order valence-corrected chi connectivity index (χ1v) is 9.92. The predicted molar refractivity (Wildman–Crippen MR) is 118 cm³/mol. The van der Waals surface area contributed by atoms with E-state index in [9.17, 15) is 0 Å². The highest BCUT2D eigenvalue weighted by atomic mass is 15.2. The number of nitrogens with one attached hydrogen (secondary N) is 4. The van der Waals surface area contributed by atoms with Gasteiger partial charge in [-0.05, 0) is 55.5 Å². The van der Waals surface area contributed by atoms with Gasteiger partial charge in [-0.3, -0.25) is 4.99 Å². The van der Waals surface area contributed by atoms with Crippen LogP contribution in [0.1, 0.15) is 24.0 Å². The fourth-order valence-electron chi connectivity index (χ4n) is 3.18. The molecular formula is C22H30N6. The minimum absolute atomic E-state index is 0.849. The molecule has 0 unspecified atom stereocenters. The van der Waals surface area contributed by atoms with Crippen LogP contribution < -0.4 is 16.0 Å². The number of benzene rings is 1. The molecule has 3 aromatic rings. The van der Waals surface area contributed by atoms with E-state index in [1.807, 2.05) is 25.2 Å². The Hall–Kier alpha value is -3.02. The Bertz CT molecular complexity index is 884. The zero-order chi connectivity index (χ0) is 19.6. The Kier molecular flexibility index (Phi) is 7.29. The first-order valence-electron chi connectivity index (χ1n) is 9.92. The number of aliphatic imine (C=N–C) groups is 1. The summed E-state index contributed by atoms with van der Waals surface area (Å²) in [6, 6.07) is 12.4. The van der Waals surface area contributed by atoms with Crippen molar-refractivity contribution in [1.82, 2.24) is 20.6 Å². The summed E-state index contributed by atoms with van der Waals surface area (Å²) < 4.78 is 0. The number of pyridine rings is 1. The predicted octanol–water partition coefficient (Wildman–Crippen LogP) is 3.47. The van der Waals surface area contributed by atoms with E-state index in [0.717, 1.165) is 50.7 Å². The second-order valence-electron chi connectivity index (χ2n) is 6.89. The van der Waals surface area contributed by atoms with Crippen LogP contribution in [-0.4, -0.2) is 42.6 Å². The fraction of sp³-hybridized carbons (Fsp3) is 0.364. The largest absolute Gasteiger partial charge is 0.370 e. The van der Waals surface area contributed by atoms with Gasteiger partial charge in [-0.15, -0.1) is 0 Å². The van der Waals surface area contributed by atoms with E-state index < -0.39 is 0 Å². The fourth-order valence-corrected chi connectivity index (χ4v) is 3.18. The maximum absolute atomic E-state index is 4.31. The first-order chi connectivity index (χ1) is 13.8. The van der Waals surface area contributed by atoms with Crippen molar-refractivity contribution >= 4 is 22.7 Å². The molecule has 148 valence electrons. The van der Waals surface area contributed by atoms with Crippen LogP contribution in [0.15, 0.2) is 53.8 Å². The molecule has 0 radical (unpaired) electrons. The number of hydrogen-bond acceptors (Lipinski definition) is 3. The molecule has 0 fully saturated rings. The highest BCUT2D eigenvalue weighted by Gasteiger charge is 2.04. The van der Waals surface area contributed by atoms with Crippen molar-refractivity contribution in [3.05, 3.63) is 59.9 Å². The summed E-state index contributed by atoms with van der Waals surface area (Å²) in [7, 11) is 1.81. The summed E-state index contributed by atoms with van der Waals surface area (Å²) >= 11 is 0. The third-order valence-electron chi connectivity index (χ3n) is 4.70. The molecule has 0 aliphatic rings. The van der Waals surface area contributed by atoms with Gasteiger partial charge in [0.05, 0.1) is 0 Å². The molecule has 0 amide bonds. The van der Waals surface area contributed by atoms with E-state index in [2.05, 4.69) is 62.2 Å². The molecule has 0 bridgehead atoms. The second-order valence-corrected chi connectivity index (χ2v) is 6.89. The number of anilines is 1. The van der Waals surface area contributed by atoms with Gasteiger partial charge in [0.25, 0.3) is 0 Å². The lowest BCUT2D eigenvalue weighted by atomic mass is 10.1. The average molecular weight is 379 g/mol. The number of fused-ring (bicyclic) bond motifs is 1. The van der Waals surface area contributed by atoms with Gasteiger partial charge in [-0.1, -0.05) is 18.2 Å². The Morgan fingerprint density at radius 1 is 1.07 bits per heavy atom. The number of hydrogen-bond donors (Lipinski definition) is 4. The van der Waals surface area contributed by atoms with E-state index in [4.69, 9.17) is 0 Å². The highest BCUT2D eigenvalue weighted by molar-refractivity contribution is 5.84. The molecule has 4 N–H and O–H groups in total. The summed E-state index contributed by atoms with van der Waals surface area (Å²) in [6.45, 7) is 4.79. The summed E-state index contributed by atoms with van der Waals surface area (Å²) in [5.74, 6) is 1.79. The standard InChI is InChI=1S/C22H30N6/c1-17-8-9-19-18(16-28-20(19)15-17)10-14-27-22(23-2)26-13-6-5-12-25-21-7-3-4-11-24-21/h3-4,7-9,11,15-16,28H,5-6,10,12-14H2,1-2H3,(H,24,25)(H2,23,26,27). The maximum Gasteiger partial charge on any atom is 0.190 e. The minimum atomic E-state index is 0.849. The van der Waals surface area contributed by atoms with E-state index in [0.29, 0.717) is 0 Å². The van der Waals surface area contributed by atoms with E-state index in [-0.39, 0.29) is 0 Å². The van der Waals surface area contributed by atoms with Crippen molar-refractivity contribution in [2.75, 3.05) is 32.0 Å².